The minimum atomic E-state index is 0.177. The van der Waals surface area contributed by atoms with Crippen molar-refractivity contribution < 1.29 is 0 Å². The molecule has 2 aromatic rings. The molecule has 0 saturated carbocycles. The van der Waals surface area contributed by atoms with E-state index in [1.54, 1.807) is 0 Å². The van der Waals surface area contributed by atoms with Crippen molar-refractivity contribution in [3.8, 4) is 0 Å². The van der Waals surface area contributed by atoms with Crippen LogP contribution in [0.3, 0.4) is 0 Å². The molecular weight excluding hydrogens is 344 g/mol. The zero-order valence-corrected chi connectivity index (χ0v) is 16.1. The van der Waals surface area contributed by atoms with Crippen molar-refractivity contribution in [2.45, 2.75) is 19.8 Å². The highest BCUT2D eigenvalue weighted by Crippen LogP contribution is 2.29. The van der Waals surface area contributed by atoms with Gasteiger partial charge in [0.2, 0.25) is 5.29 Å². The van der Waals surface area contributed by atoms with Crippen LogP contribution in [0, 0.1) is 0 Å². The molecule has 1 aliphatic rings. The quantitative estimate of drug-likeness (QED) is 0.430. The van der Waals surface area contributed by atoms with Crippen LogP contribution in [0.1, 0.15) is 30.9 Å². The number of hydrogen-bond donors (Lipinski definition) is 0. The second-order valence-corrected chi connectivity index (χ2v) is 6.61. The van der Waals surface area contributed by atoms with Gasteiger partial charge in [0.05, 0.1) is 18.9 Å². The van der Waals surface area contributed by atoms with Crippen molar-refractivity contribution in [1.82, 2.24) is 9.91 Å². The molecule has 0 bridgehead atoms. The van der Waals surface area contributed by atoms with Gasteiger partial charge in [0.25, 0.3) is 0 Å². The van der Waals surface area contributed by atoms with Crippen LogP contribution < -0.4 is 0 Å². The smallest absolute Gasteiger partial charge is 0.215 e. The fourth-order valence-electron chi connectivity index (χ4n) is 3.10. The van der Waals surface area contributed by atoms with Crippen LogP contribution in [0.2, 0.25) is 0 Å². The summed E-state index contributed by atoms with van der Waals surface area (Å²) >= 11 is 6.49. The maximum absolute atomic E-state index is 6.49. The van der Waals surface area contributed by atoms with Gasteiger partial charge in [-0.25, -0.2) is 10.0 Å². The van der Waals surface area contributed by atoms with Gasteiger partial charge in [-0.2, -0.15) is 5.10 Å². The van der Waals surface area contributed by atoms with E-state index < -0.39 is 0 Å². The molecule has 0 amide bonds. The summed E-state index contributed by atoms with van der Waals surface area (Å²) in [4.78, 5) is 6.75. The van der Waals surface area contributed by atoms with Crippen LogP contribution in [0.25, 0.3) is 0 Å². The highest BCUT2D eigenvalue weighted by Gasteiger charge is 2.30. The van der Waals surface area contributed by atoms with Crippen LogP contribution in [0.5, 0.6) is 0 Å². The number of amidine groups is 1. The Bertz CT molecular complexity index is 754. The van der Waals surface area contributed by atoms with Crippen molar-refractivity contribution in [1.29, 1.82) is 0 Å². The Labute approximate surface area is 160 Å². The fourth-order valence-corrected chi connectivity index (χ4v) is 3.26. The topological polar surface area (TPSA) is 31.2 Å². The van der Waals surface area contributed by atoms with Gasteiger partial charge in [-0.3, -0.25) is 4.90 Å². The largest absolute Gasteiger partial charge is 0.285 e. The highest BCUT2D eigenvalue weighted by molar-refractivity contribution is 6.64. The fraction of sp³-hybridized carbons (Fsp3) is 0.333. The minimum Gasteiger partial charge on any atom is -0.285 e. The second kappa shape index (κ2) is 8.97. The van der Waals surface area contributed by atoms with Gasteiger partial charge < -0.3 is 0 Å². The standard InChI is InChI=1S/C21H25ClN4/c1-3-25(4-2)16-23-21(22)26-15-19(17-11-7-5-8-12-17)20(24-26)18-13-9-6-10-14-18/h5-14,19H,3-4,15-16H2,1-2H3. The molecule has 26 heavy (non-hydrogen) atoms. The summed E-state index contributed by atoms with van der Waals surface area (Å²) in [5, 5.41) is 7.09. The van der Waals surface area contributed by atoms with Crippen molar-refractivity contribution in [3.05, 3.63) is 71.8 Å². The Balaban J connectivity index is 1.87. The number of rotatable bonds is 6. The maximum atomic E-state index is 6.49. The van der Waals surface area contributed by atoms with E-state index in [2.05, 4.69) is 60.1 Å². The highest BCUT2D eigenvalue weighted by atomic mass is 35.5. The van der Waals surface area contributed by atoms with Gasteiger partial charge >= 0.3 is 0 Å². The molecule has 5 heteroatoms. The number of benzene rings is 2. The Kier molecular flexibility index (Phi) is 6.42. The lowest BCUT2D eigenvalue weighted by molar-refractivity contribution is 0.312. The zero-order valence-electron chi connectivity index (χ0n) is 15.3. The first-order valence-corrected chi connectivity index (χ1v) is 9.49. The molecule has 0 saturated heterocycles. The summed E-state index contributed by atoms with van der Waals surface area (Å²) in [5.74, 6) is 0.177. The van der Waals surface area contributed by atoms with Crippen LogP contribution in [0.15, 0.2) is 70.8 Å². The monoisotopic (exact) mass is 368 g/mol. The molecule has 136 valence electrons. The first kappa shape index (κ1) is 18.6. The third-order valence-electron chi connectivity index (χ3n) is 4.69. The second-order valence-electron chi connectivity index (χ2n) is 6.27. The van der Waals surface area contributed by atoms with Crippen LogP contribution >= 0.6 is 11.6 Å². The molecule has 4 nitrogen and oxygen atoms in total. The number of hydrazone groups is 1. The summed E-state index contributed by atoms with van der Waals surface area (Å²) in [5.41, 5.74) is 3.40. The summed E-state index contributed by atoms with van der Waals surface area (Å²) < 4.78 is 0. The molecule has 0 aromatic heterocycles. The van der Waals surface area contributed by atoms with E-state index in [1.165, 1.54) is 5.56 Å². The summed E-state index contributed by atoms with van der Waals surface area (Å²) in [6.45, 7) is 7.45. The molecule has 0 radical (unpaired) electrons. The SMILES string of the molecule is CCN(CC)CN=C(Cl)N1CC(c2ccccc2)C(c2ccccc2)=N1. The lowest BCUT2D eigenvalue weighted by Gasteiger charge is -2.17. The van der Waals surface area contributed by atoms with Crippen LogP contribution in [-0.2, 0) is 0 Å². The molecule has 1 unspecified atom stereocenters. The molecule has 0 aliphatic carbocycles. The van der Waals surface area contributed by atoms with Crippen LogP contribution in [0.4, 0.5) is 0 Å². The van der Waals surface area contributed by atoms with Gasteiger partial charge in [-0.05, 0) is 35.8 Å². The third-order valence-corrected chi connectivity index (χ3v) is 5.01. The van der Waals surface area contributed by atoms with Gasteiger partial charge in [-0.1, -0.05) is 74.5 Å². The maximum Gasteiger partial charge on any atom is 0.215 e. The van der Waals surface area contributed by atoms with E-state index in [1.807, 2.05) is 29.3 Å². The van der Waals surface area contributed by atoms with Gasteiger partial charge in [0.15, 0.2) is 0 Å². The van der Waals surface area contributed by atoms with E-state index in [-0.39, 0.29) is 5.92 Å². The van der Waals surface area contributed by atoms with E-state index in [4.69, 9.17) is 16.7 Å². The Morgan fingerprint density at radius 3 is 2.31 bits per heavy atom. The first-order valence-electron chi connectivity index (χ1n) is 9.11. The molecule has 0 N–H and O–H groups in total. The number of halogens is 1. The third kappa shape index (κ3) is 4.32. The van der Waals surface area contributed by atoms with E-state index >= 15 is 0 Å². The summed E-state index contributed by atoms with van der Waals surface area (Å²) in [6.07, 6.45) is 0. The molecule has 3 rings (SSSR count). The first-order chi connectivity index (χ1) is 12.7. The average Bonchev–Trinajstić information content (AvgIpc) is 3.15. The van der Waals surface area contributed by atoms with Crippen molar-refractivity contribution in [3.63, 3.8) is 0 Å². The minimum absolute atomic E-state index is 0.177. The van der Waals surface area contributed by atoms with Crippen molar-refractivity contribution in [2.75, 3.05) is 26.3 Å². The number of hydrogen-bond acceptors (Lipinski definition) is 3. The normalized spacial score (nSPS) is 17.7. The van der Waals surface area contributed by atoms with E-state index in [9.17, 15) is 0 Å². The molecule has 1 heterocycles. The van der Waals surface area contributed by atoms with Crippen molar-refractivity contribution >= 4 is 22.6 Å². The Hall–Kier alpha value is -2.17. The van der Waals surface area contributed by atoms with Gasteiger partial charge in [-0.15, -0.1) is 0 Å². The van der Waals surface area contributed by atoms with Gasteiger partial charge in [0, 0.05) is 5.92 Å². The molecule has 2 aromatic carbocycles. The Morgan fingerprint density at radius 1 is 1.08 bits per heavy atom. The lowest BCUT2D eigenvalue weighted by atomic mass is 9.91. The summed E-state index contributed by atoms with van der Waals surface area (Å²) in [6, 6.07) is 20.8. The summed E-state index contributed by atoms with van der Waals surface area (Å²) in [7, 11) is 0. The number of aliphatic imine (C=N–C) groups is 1. The predicted octanol–water partition coefficient (Wildman–Crippen LogP) is 4.38. The van der Waals surface area contributed by atoms with Crippen LogP contribution in [-0.4, -0.2) is 47.2 Å². The lowest BCUT2D eigenvalue weighted by Crippen LogP contribution is -2.26. The Morgan fingerprint density at radius 2 is 1.69 bits per heavy atom. The predicted molar refractivity (Wildman–Crippen MR) is 110 cm³/mol. The zero-order chi connectivity index (χ0) is 18.4. The average molecular weight is 369 g/mol. The van der Waals surface area contributed by atoms with Gasteiger partial charge in [0.1, 0.15) is 0 Å². The molecule has 1 aliphatic heterocycles. The van der Waals surface area contributed by atoms with Crippen molar-refractivity contribution in [2.24, 2.45) is 10.1 Å². The molecule has 1 atom stereocenters. The molecular formula is C21H25ClN4. The number of nitrogens with zero attached hydrogens (tertiary/aromatic N) is 4. The van der Waals surface area contributed by atoms with E-state index in [0.717, 1.165) is 24.4 Å². The molecule has 0 spiro atoms. The van der Waals surface area contributed by atoms with E-state index in [0.29, 0.717) is 18.5 Å². The molecule has 0 fully saturated rings.